The SMILES string of the molecule is CC(C)COCCOc1ccc(C(=O)O)cc1Br. The molecule has 0 aliphatic heterocycles. The van der Waals surface area contributed by atoms with Crippen LogP contribution in [-0.2, 0) is 4.74 Å². The van der Waals surface area contributed by atoms with Crippen LogP contribution in [0.2, 0.25) is 0 Å². The van der Waals surface area contributed by atoms with Crippen LogP contribution >= 0.6 is 15.9 Å². The van der Waals surface area contributed by atoms with Gasteiger partial charge in [0.25, 0.3) is 0 Å². The fourth-order valence-corrected chi connectivity index (χ4v) is 1.77. The van der Waals surface area contributed by atoms with E-state index in [0.29, 0.717) is 36.0 Å². The Hall–Kier alpha value is -1.07. The molecule has 0 fully saturated rings. The van der Waals surface area contributed by atoms with E-state index < -0.39 is 5.97 Å². The van der Waals surface area contributed by atoms with Gasteiger partial charge in [-0.25, -0.2) is 4.79 Å². The van der Waals surface area contributed by atoms with E-state index in [1.165, 1.54) is 12.1 Å². The third-order valence-electron chi connectivity index (χ3n) is 2.12. The highest BCUT2D eigenvalue weighted by Gasteiger charge is 2.07. The highest BCUT2D eigenvalue weighted by Crippen LogP contribution is 2.25. The summed E-state index contributed by atoms with van der Waals surface area (Å²) in [5.41, 5.74) is 0.227. The minimum atomic E-state index is -0.956. The minimum absolute atomic E-state index is 0.227. The fraction of sp³-hybridized carbons (Fsp3) is 0.462. The van der Waals surface area contributed by atoms with Crippen LogP contribution in [0, 0.1) is 5.92 Å². The smallest absolute Gasteiger partial charge is 0.335 e. The number of ether oxygens (including phenoxy) is 2. The predicted molar refractivity (Wildman–Crippen MR) is 72.3 cm³/mol. The molecule has 0 unspecified atom stereocenters. The lowest BCUT2D eigenvalue weighted by Crippen LogP contribution is -2.10. The summed E-state index contributed by atoms with van der Waals surface area (Å²) in [7, 11) is 0. The molecule has 1 aromatic rings. The van der Waals surface area contributed by atoms with Crippen molar-refractivity contribution in [1.82, 2.24) is 0 Å². The van der Waals surface area contributed by atoms with Crippen molar-refractivity contribution in [2.45, 2.75) is 13.8 Å². The van der Waals surface area contributed by atoms with Crippen molar-refractivity contribution in [2.24, 2.45) is 5.92 Å². The average Bonchev–Trinajstić information content (AvgIpc) is 2.29. The fourth-order valence-electron chi connectivity index (χ4n) is 1.28. The Morgan fingerprint density at radius 3 is 2.67 bits per heavy atom. The molecular weight excluding hydrogens is 300 g/mol. The molecule has 1 aromatic carbocycles. The Labute approximate surface area is 115 Å². The molecule has 0 saturated heterocycles. The van der Waals surface area contributed by atoms with E-state index in [1.54, 1.807) is 6.07 Å². The largest absolute Gasteiger partial charge is 0.490 e. The molecule has 1 rings (SSSR count). The summed E-state index contributed by atoms with van der Waals surface area (Å²) < 4.78 is 11.5. The summed E-state index contributed by atoms with van der Waals surface area (Å²) in [6.45, 7) is 5.84. The number of hydrogen-bond acceptors (Lipinski definition) is 3. The van der Waals surface area contributed by atoms with Gasteiger partial charge in [0.05, 0.1) is 16.6 Å². The molecule has 1 N–H and O–H groups in total. The first kappa shape index (κ1) is 15.0. The summed E-state index contributed by atoms with van der Waals surface area (Å²) in [6, 6.07) is 4.67. The lowest BCUT2D eigenvalue weighted by atomic mass is 10.2. The second-order valence-corrected chi connectivity index (χ2v) is 5.12. The zero-order valence-electron chi connectivity index (χ0n) is 10.5. The summed E-state index contributed by atoms with van der Waals surface area (Å²) in [5, 5.41) is 8.82. The third-order valence-corrected chi connectivity index (χ3v) is 2.73. The quantitative estimate of drug-likeness (QED) is 0.785. The van der Waals surface area contributed by atoms with Crippen molar-refractivity contribution in [3.05, 3.63) is 28.2 Å². The van der Waals surface area contributed by atoms with E-state index in [4.69, 9.17) is 14.6 Å². The highest BCUT2D eigenvalue weighted by atomic mass is 79.9. The first-order valence-corrected chi connectivity index (χ1v) is 6.53. The van der Waals surface area contributed by atoms with E-state index in [0.717, 1.165) is 0 Å². The summed E-state index contributed by atoms with van der Waals surface area (Å²) in [6.07, 6.45) is 0. The van der Waals surface area contributed by atoms with E-state index in [2.05, 4.69) is 29.8 Å². The van der Waals surface area contributed by atoms with Gasteiger partial charge >= 0.3 is 5.97 Å². The van der Waals surface area contributed by atoms with E-state index in [-0.39, 0.29) is 5.56 Å². The van der Waals surface area contributed by atoms with Gasteiger partial charge in [0.2, 0.25) is 0 Å². The molecule has 0 aliphatic rings. The van der Waals surface area contributed by atoms with Gasteiger partial charge in [-0.3, -0.25) is 0 Å². The number of halogens is 1. The van der Waals surface area contributed by atoms with Crippen molar-refractivity contribution in [3.8, 4) is 5.75 Å². The van der Waals surface area contributed by atoms with Crippen molar-refractivity contribution >= 4 is 21.9 Å². The van der Waals surface area contributed by atoms with Gasteiger partial charge in [-0.15, -0.1) is 0 Å². The van der Waals surface area contributed by atoms with Gasteiger partial charge in [0.15, 0.2) is 0 Å². The lowest BCUT2D eigenvalue weighted by Gasteiger charge is -2.10. The minimum Gasteiger partial charge on any atom is -0.490 e. The molecule has 5 heteroatoms. The lowest BCUT2D eigenvalue weighted by molar-refractivity contribution is 0.0696. The Balaban J connectivity index is 2.41. The number of hydrogen-bond donors (Lipinski definition) is 1. The molecule has 100 valence electrons. The summed E-state index contributed by atoms with van der Waals surface area (Å²) in [4.78, 5) is 10.7. The van der Waals surface area contributed by atoms with Crippen LogP contribution in [0.3, 0.4) is 0 Å². The molecule has 18 heavy (non-hydrogen) atoms. The molecule has 0 amide bonds. The number of aromatic carboxylic acids is 1. The van der Waals surface area contributed by atoms with Crippen LogP contribution in [0.4, 0.5) is 0 Å². The van der Waals surface area contributed by atoms with Gasteiger partial charge in [-0.2, -0.15) is 0 Å². The number of carboxylic acid groups (broad SMARTS) is 1. The Bertz CT molecular complexity index is 404. The van der Waals surface area contributed by atoms with Crippen LogP contribution in [0.15, 0.2) is 22.7 Å². The first-order valence-electron chi connectivity index (χ1n) is 5.74. The van der Waals surface area contributed by atoms with Crippen LogP contribution in [0.5, 0.6) is 5.75 Å². The molecule has 0 bridgehead atoms. The highest BCUT2D eigenvalue weighted by molar-refractivity contribution is 9.10. The van der Waals surface area contributed by atoms with Crippen LogP contribution in [0.1, 0.15) is 24.2 Å². The van der Waals surface area contributed by atoms with E-state index in [1.807, 2.05) is 0 Å². The molecule has 0 atom stereocenters. The van der Waals surface area contributed by atoms with Crippen molar-refractivity contribution < 1.29 is 19.4 Å². The summed E-state index contributed by atoms with van der Waals surface area (Å²) in [5.74, 6) is 0.169. The second-order valence-electron chi connectivity index (χ2n) is 4.27. The van der Waals surface area contributed by atoms with Gasteiger partial charge in [-0.05, 0) is 40.0 Å². The molecular formula is C13H17BrO4. The van der Waals surface area contributed by atoms with Crippen molar-refractivity contribution in [2.75, 3.05) is 19.8 Å². The maximum atomic E-state index is 10.7. The zero-order valence-corrected chi connectivity index (χ0v) is 12.1. The Kier molecular flexibility index (Phi) is 6.15. The number of carboxylic acids is 1. The second kappa shape index (κ2) is 7.38. The summed E-state index contributed by atoms with van der Waals surface area (Å²) >= 11 is 3.28. The van der Waals surface area contributed by atoms with Crippen LogP contribution in [0.25, 0.3) is 0 Å². The average molecular weight is 317 g/mol. The molecule has 0 radical (unpaired) electrons. The van der Waals surface area contributed by atoms with E-state index >= 15 is 0 Å². The zero-order chi connectivity index (χ0) is 13.5. The van der Waals surface area contributed by atoms with Crippen LogP contribution < -0.4 is 4.74 Å². The Morgan fingerprint density at radius 1 is 1.39 bits per heavy atom. The van der Waals surface area contributed by atoms with Gasteiger partial charge < -0.3 is 14.6 Å². The molecule has 0 saturated carbocycles. The molecule has 0 heterocycles. The maximum absolute atomic E-state index is 10.7. The standard InChI is InChI=1S/C13H17BrO4/c1-9(2)8-17-5-6-18-12-4-3-10(13(15)16)7-11(12)14/h3-4,7,9H,5-6,8H2,1-2H3,(H,15,16). The molecule has 0 aromatic heterocycles. The van der Waals surface area contributed by atoms with Crippen LogP contribution in [-0.4, -0.2) is 30.9 Å². The predicted octanol–water partition coefficient (Wildman–Crippen LogP) is 3.20. The molecule has 0 spiro atoms. The number of carbonyl (C=O) groups is 1. The molecule has 4 nitrogen and oxygen atoms in total. The van der Waals surface area contributed by atoms with E-state index in [9.17, 15) is 4.79 Å². The number of rotatable bonds is 7. The monoisotopic (exact) mass is 316 g/mol. The van der Waals surface area contributed by atoms with Gasteiger partial charge in [0, 0.05) is 6.61 Å². The number of benzene rings is 1. The third kappa shape index (κ3) is 5.06. The van der Waals surface area contributed by atoms with Crippen molar-refractivity contribution in [1.29, 1.82) is 0 Å². The van der Waals surface area contributed by atoms with Gasteiger partial charge in [-0.1, -0.05) is 13.8 Å². The van der Waals surface area contributed by atoms with Gasteiger partial charge in [0.1, 0.15) is 12.4 Å². The molecule has 0 aliphatic carbocycles. The maximum Gasteiger partial charge on any atom is 0.335 e. The first-order chi connectivity index (χ1) is 8.50. The normalized spacial score (nSPS) is 10.7. The topological polar surface area (TPSA) is 55.8 Å². The Morgan fingerprint density at radius 2 is 2.11 bits per heavy atom. The van der Waals surface area contributed by atoms with Crippen molar-refractivity contribution in [3.63, 3.8) is 0 Å².